The third-order valence-electron chi connectivity index (χ3n) is 2.75. The summed E-state index contributed by atoms with van der Waals surface area (Å²) in [7, 11) is 0. The molecule has 0 atom stereocenters. The highest BCUT2D eigenvalue weighted by Gasteiger charge is 2.14. The Morgan fingerprint density at radius 3 is 2.20 bits per heavy atom. The lowest BCUT2D eigenvalue weighted by Gasteiger charge is -2.07. The first-order valence-electron chi connectivity index (χ1n) is 4.84. The minimum Gasteiger partial charge on any atom is -0.493 e. The zero-order chi connectivity index (χ0) is 11.0. The Hall–Kier alpha value is -1.90. The van der Waals surface area contributed by atoms with E-state index in [1.165, 1.54) is 0 Å². The van der Waals surface area contributed by atoms with Crippen molar-refractivity contribution in [1.29, 1.82) is 0 Å². The normalized spacial score (nSPS) is 10.5. The van der Waals surface area contributed by atoms with Gasteiger partial charge in [-0.2, -0.15) is 0 Å². The highest BCUT2D eigenvalue weighted by molar-refractivity contribution is 5.62. The number of nitrogens with zero attached hydrogens (tertiary/aromatic N) is 1. The van der Waals surface area contributed by atoms with Gasteiger partial charge in [0, 0.05) is 11.4 Å². The smallest absolute Gasteiger partial charge is 0.220 e. The summed E-state index contributed by atoms with van der Waals surface area (Å²) < 4.78 is 1.75. The van der Waals surface area contributed by atoms with Gasteiger partial charge >= 0.3 is 0 Å². The number of hydrogen-bond acceptors (Lipinski definition) is 2. The van der Waals surface area contributed by atoms with Gasteiger partial charge in [0.2, 0.25) is 5.88 Å². The quantitative estimate of drug-likeness (QED) is 0.746. The van der Waals surface area contributed by atoms with E-state index < -0.39 is 0 Å². The minimum absolute atomic E-state index is 0.121. The second kappa shape index (κ2) is 3.35. The number of rotatable bonds is 1. The molecule has 0 unspecified atom stereocenters. The maximum atomic E-state index is 9.89. The lowest BCUT2D eigenvalue weighted by molar-refractivity contribution is 0.444. The Balaban J connectivity index is 2.69. The van der Waals surface area contributed by atoms with E-state index in [4.69, 9.17) is 5.73 Å². The third-order valence-corrected chi connectivity index (χ3v) is 2.75. The molecule has 1 aromatic carbocycles. The molecule has 2 aromatic rings. The Morgan fingerprint density at radius 2 is 1.73 bits per heavy atom. The topological polar surface area (TPSA) is 51.2 Å². The molecule has 0 aliphatic heterocycles. The molecule has 0 amide bonds. The number of aromatic hydroxyl groups is 1. The standard InChI is InChI=1S/C12H14N2O/c1-8-9(2)14(12(15)11(8)13)10-6-4-3-5-7-10/h3-7,15H,13H2,1-2H3. The first kappa shape index (κ1) is 9.65. The van der Waals surface area contributed by atoms with Crippen molar-refractivity contribution in [1.82, 2.24) is 4.57 Å². The van der Waals surface area contributed by atoms with Crippen LogP contribution in [0.15, 0.2) is 30.3 Å². The van der Waals surface area contributed by atoms with Crippen LogP contribution in [0.3, 0.4) is 0 Å². The van der Waals surface area contributed by atoms with Gasteiger partial charge in [0.25, 0.3) is 0 Å². The fourth-order valence-electron chi connectivity index (χ4n) is 1.70. The summed E-state index contributed by atoms with van der Waals surface area (Å²) >= 11 is 0. The number of anilines is 1. The SMILES string of the molecule is Cc1c(N)c(O)n(-c2ccccc2)c1C. The van der Waals surface area contributed by atoms with Gasteiger partial charge in [-0.1, -0.05) is 18.2 Å². The van der Waals surface area contributed by atoms with E-state index in [2.05, 4.69) is 0 Å². The van der Waals surface area contributed by atoms with Crippen molar-refractivity contribution >= 4 is 5.69 Å². The lowest BCUT2D eigenvalue weighted by atomic mass is 10.2. The molecule has 15 heavy (non-hydrogen) atoms. The zero-order valence-electron chi connectivity index (χ0n) is 8.86. The first-order chi connectivity index (χ1) is 7.13. The van der Waals surface area contributed by atoms with Crippen LogP contribution in [0.4, 0.5) is 5.69 Å². The second-order valence-corrected chi connectivity index (χ2v) is 3.62. The van der Waals surface area contributed by atoms with Crippen LogP contribution in [0, 0.1) is 13.8 Å². The van der Waals surface area contributed by atoms with E-state index in [1.54, 1.807) is 4.57 Å². The molecule has 2 rings (SSSR count). The predicted octanol–water partition coefficient (Wildman–Crippen LogP) is 2.38. The summed E-state index contributed by atoms with van der Waals surface area (Å²) in [6, 6.07) is 9.67. The van der Waals surface area contributed by atoms with Gasteiger partial charge in [0.1, 0.15) is 0 Å². The van der Waals surface area contributed by atoms with Gasteiger partial charge in [-0.05, 0) is 31.5 Å². The van der Waals surface area contributed by atoms with Crippen LogP contribution in [-0.4, -0.2) is 9.67 Å². The van der Waals surface area contributed by atoms with Crippen molar-refractivity contribution < 1.29 is 5.11 Å². The van der Waals surface area contributed by atoms with E-state index in [0.29, 0.717) is 5.69 Å². The molecular formula is C12H14N2O. The van der Waals surface area contributed by atoms with Gasteiger partial charge in [-0.3, -0.25) is 4.57 Å². The monoisotopic (exact) mass is 202 g/mol. The van der Waals surface area contributed by atoms with E-state index in [1.807, 2.05) is 44.2 Å². The molecule has 0 fully saturated rings. The van der Waals surface area contributed by atoms with Crippen molar-refractivity contribution in [3.05, 3.63) is 41.6 Å². The number of nitrogens with two attached hydrogens (primary N) is 1. The second-order valence-electron chi connectivity index (χ2n) is 3.62. The summed E-state index contributed by atoms with van der Waals surface area (Å²) in [5, 5.41) is 9.89. The predicted molar refractivity (Wildman–Crippen MR) is 61.3 cm³/mol. The molecule has 3 heteroatoms. The van der Waals surface area contributed by atoms with Crippen LogP contribution in [-0.2, 0) is 0 Å². The number of hydrogen-bond donors (Lipinski definition) is 2. The molecule has 0 bridgehead atoms. The van der Waals surface area contributed by atoms with Crippen LogP contribution in [0.5, 0.6) is 5.88 Å². The molecule has 0 saturated heterocycles. The van der Waals surface area contributed by atoms with Crippen LogP contribution >= 0.6 is 0 Å². The molecule has 3 N–H and O–H groups in total. The van der Waals surface area contributed by atoms with Gasteiger partial charge in [-0.15, -0.1) is 0 Å². The van der Waals surface area contributed by atoms with Crippen molar-refractivity contribution in [3.8, 4) is 11.6 Å². The van der Waals surface area contributed by atoms with Crippen LogP contribution in [0.1, 0.15) is 11.3 Å². The maximum Gasteiger partial charge on any atom is 0.220 e. The molecule has 0 aliphatic rings. The summed E-state index contributed by atoms with van der Waals surface area (Å²) in [5.74, 6) is 0.121. The molecule has 0 spiro atoms. The van der Waals surface area contributed by atoms with Crippen LogP contribution < -0.4 is 5.73 Å². The fraction of sp³-hybridized carbons (Fsp3) is 0.167. The van der Waals surface area contributed by atoms with Crippen molar-refractivity contribution in [2.45, 2.75) is 13.8 Å². The lowest BCUT2D eigenvalue weighted by Crippen LogP contribution is -1.95. The fourth-order valence-corrected chi connectivity index (χ4v) is 1.70. The molecule has 0 aliphatic carbocycles. The minimum atomic E-state index is 0.121. The summed E-state index contributed by atoms with van der Waals surface area (Å²) in [5.41, 5.74) is 9.04. The Labute approximate surface area is 88.8 Å². The zero-order valence-corrected chi connectivity index (χ0v) is 8.86. The molecule has 1 heterocycles. The van der Waals surface area contributed by atoms with Gasteiger partial charge in [0.15, 0.2) is 0 Å². The van der Waals surface area contributed by atoms with Crippen LogP contribution in [0.25, 0.3) is 5.69 Å². The molecular weight excluding hydrogens is 188 g/mol. The number of para-hydroxylation sites is 1. The summed E-state index contributed by atoms with van der Waals surface area (Å²) in [6.07, 6.45) is 0. The Morgan fingerprint density at radius 1 is 1.13 bits per heavy atom. The van der Waals surface area contributed by atoms with E-state index in [0.717, 1.165) is 16.9 Å². The third kappa shape index (κ3) is 1.36. The van der Waals surface area contributed by atoms with Gasteiger partial charge in [-0.25, -0.2) is 0 Å². The van der Waals surface area contributed by atoms with E-state index >= 15 is 0 Å². The van der Waals surface area contributed by atoms with E-state index in [-0.39, 0.29) is 5.88 Å². The highest BCUT2D eigenvalue weighted by Crippen LogP contribution is 2.32. The average molecular weight is 202 g/mol. The van der Waals surface area contributed by atoms with Crippen molar-refractivity contribution in [2.75, 3.05) is 5.73 Å². The summed E-state index contributed by atoms with van der Waals surface area (Å²) in [4.78, 5) is 0. The number of benzene rings is 1. The van der Waals surface area contributed by atoms with Gasteiger partial charge < -0.3 is 10.8 Å². The van der Waals surface area contributed by atoms with Crippen LogP contribution in [0.2, 0.25) is 0 Å². The van der Waals surface area contributed by atoms with Crippen molar-refractivity contribution in [3.63, 3.8) is 0 Å². The Bertz CT molecular complexity index is 461. The van der Waals surface area contributed by atoms with Gasteiger partial charge in [0.05, 0.1) is 5.69 Å². The summed E-state index contributed by atoms with van der Waals surface area (Å²) in [6.45, 7) is 3.85. The molecule has 78 valence electrons. The molecule has 1 aromatic heterocycles. The van der Waals surface area contributed by atoms with Crippen molar-refractivity contribution in [2.24, 2.45) is 0 Å². The molecule has 0 radical (unpaired) electrons. The number of nitrogen functional groups attached to an aromatic ring is 1. The first-order valence-corrected chi connectivity index (χ1v) is 4.84. The largest absolute Gasteiger partial charge is 0.493 e. The highest BCUT2D eigenvalue weighted by atomic mass is 16.3. The number of aromatic nitrogens is 1. The Kier molecular flexibility index (Phi) is 2.15. The maximum absolute atomic E-state index is 9.89. The van der Waals surface area contributed by atoms with E-state index in [9.17, 15) is 5.11 Å². The average Bonchev–Trinajstić information content (AvgIpc) is 2.45. The molecule has 3 nitrogen and oxygen atoms in total. The molecule has 0 saturated carbocycles.